The molecule has 5 atom stereocenters. The number of hydrogen-bond acceptors (Lipinski definition) is 15. The van der Waals surface area contributed by atoms with Crippen molar-refractivity contribution in [3.05, 3.63) is 0 Å². The van der Waals surface area contributed by atoms with Crippen LogP contribution in [0.25, 0.3) is 0 Å². The van der Waals surface area contributed by atoms with E-state index < -0.39 is 97.5 Å². The van der Waals surface area contributed by atoms with Crippen LogP contribution in [0.5, 0.6) is 0 Å². The number of aliphatic hydroxyl groups excluding tert-OH is 1. The Morgan fingerprint density at radius 2 is 0.469 bits per heavy atom. The van der Waals surface area contributed by atoms with Crippen molar-refractivity contribution in [2.24, 2.45) is 11.8 Å². The molecule has 0 saturated heterocycles. The standard InChI is InChI=1S/C79H154O17P2/c1-7-9-11-13-15-17-18-19-27-32-39-45-51-57-63-78(83)95-74(67-89-76(81)61-55-49-43-35-16-14-12-10-8-2)69-93-97(85,86)91-65-73(80)66-92-98(87,88)94-70-75(68-90-77(82)62-56-50-44-38-34-29-31-37-42-48-54-60-72(5)6)96-79(84)64-58-52-46-40-33-28-25-23-21-20-22-24-26-30-36-41-47-53-59-71(3)4/h71-75,80H,7-70H2,1-6H3,(H,85,86)(H,87,88)/t73-,74+,75+/m0/s1. The highest BCUT2D eigenvalue weighted by Crippen LogP contribution is 2.45. The van der Waals surface area contributed by atoms with Gasteiger partial charge in [0.05, 0.1) is 26.4 Å². The summed E-state index contributed by atoms with van der Waals surface area (Å²) in [6.45, 7) is 9.65. The average molecular weight is 1440 g/mol. The van der Waals surface area contributed by atoms with Gasteiger partial charge in [0.15, 0.2) is 12.2 Å². The van der Waals surface area contributed by atoms with Crippen LogP contribution < -0.4 is 0 Å². The first-order valence-electron chi connectivity index (χ1n) is 41.0. The highest BCUT2D eigenvalue weighted by molar-refractivity contribution is 7.47. The minimum Gasteiger partial charge on any atom is -0.462 e. The van der Waals surface area contributed by atoms with Crippen LogP contribution in [0.4, 0.5) is 0 Å². The largest absolute Gasteiger partial charge is 0.472 e. The van der Waals surface area contributed by atoms with Crippen LogP contribution in [0.15, 0.2) is 0 Å². The Bertz CT molecular complexity index is 1890. The maximum Gasteiger partial charge on any atom is 0.472 e. The molecule has 2 unspecified atom stereocenters. The zero-order valence-corrected chi connectivity index (χ0v) is 65.9. The lowest BCUT2D eigenvalue weighted by Gasteiger charge is -2.21. The molecule has 0 radical (unpaired) electrons. The summed E-state index contributed by atoms with van der Waals surface area (Å²) in [4.78, 5) is 72.9. The Morgan fingerprint density at radius 3 is 0.694 bits per heavy atom. The third-order valence-electron chi connectivity index (χ3n) is 18.5. The van der Waals surface area contributed by atoms with Gasteiger partial charge in [-0.2, -0.15) is 0 Å². The van der Waals surface area contributed by atoms with E-state index in [1.807, 2.05) is 0 Å². The van der Waals surface area contributed by atoms with Crippen LogP contribution in [0, 0.1) is 11.8 Å². The molecule has 0 amide bonds. The predicted molar refractivity (Wildman–Crippen MR) is 400 cm³/mol. The third-order valence-corrected chi connectivity index (χ3v) is 20.4. The molecule has 0 spiro atoms. The number of unbranched alkanes of at least 4 members (excludes halogenated alkanes) is 48. The SMILES string of the molecule is CCCCCCCCCCCCCCCCC(=O)O[C@H](COC(=O)CCCCCCCCCCC)COP(=O)(O)OC[C@H](O)COP(=O)(O)OC[C@@H](COC(=O)CCCCCCCCCCCCCC(C)C)OC(=O)CCCCCCCCCCCCCCCCCCCCC(C)C. The Labute approximate surface area is 600 Å². The highest BCUT2D eigenvalue weighted by Gasteiger charge is 2.30. The van der Waals surface area contributed by atoms with Crippen molar-refractivity contribution in [3.8, 4) is 0 Å². The van der Waals surface area contributed by atoms with E-state index in [1.165, 1.54) is 231 Å². The molecule has 0 aromatic rings. The first kappa shape index (κ1) is 96.1. The quantitative estimate of drug-likeness (QED) is 0.0222. The van der Waals surface area contributed by atoms with Gasteiger partial charge in [0, 0.05) is 25.7 Å². The number of phosphoric ester groups is 2. The summed E-state index contributed by atoms with van der Waals surface area (Å²) in [5.74, 6) is -0.520. The summed E-state index contributed by atoms with van der Waals surface area (Å²) in [5, 5.41) is 10.6. The van der Waals surface area contributed by atoms with Crippen molar-refractivity contribution >= 4 is 39.5 Å². The smallest absolute Gasteiger partial charge is 0.462 e. The molecule has 0 aliphatic carbocycles. The Kier molecular flexibility index (Phi) is 69.3. The molecule has 0 aromatic carbocycles. The van der Waals surface area contributed by atoms with Crippen molar-refractivity contribution in [1.82, 2.24) is 0 Å². The van der Waals surface area contributed by atoms with Crippen molar-refractivity contribution in [3.63, 3.8) is 0 Å². The van der Waals surface area contributed by atoms with Gasteiger partial charge in [-0.15, -0.1) is 0 Å². The number of ether oxygens (including phenoxy) is 4. The molecule has 0 saturated carbocycles. The van der Waals surface area contributed by atoms with Gasteiger partial charge in [-0.25, -0.2) is 9.13 Å². The van der Waals surface area contributed by atoms with Crippen LogP contribution in [0.2, 0.25) is 0 Å². The van der Waals surface area contributed by atoms with Crippen LogP contribution in [-0.2, 0) is 65.4 Å². The third kappa shape index (κ3) is 72.4. The Morgan fingerprint density at radius 1 is 0.276 bits per heavy atom. The molecular weight excluding hydrogens is 1280 g/mol. The predicted octanol–water partition coefficient (Wildman–Crippen LogP) is 23.5. The minimum atomic E-state index is -4.96. The molecule has 0 heterocycles. The molecule has 0 rings (SSSR count). The number of hydrogen-bond donors (Lipinski definition) is 3. The molecule has 0 aromatic heterocycles. The lowest BCUT2D eigenvalue weighted by atomic mass is 10.0. The normalized spacial score (nSPS) is 13.9. The van der Waals surface area contributed by atoms with E-state index in [1.54, 1.807) is 0 Å². The van der Waals surface area contributed by atoms with Gasteiger partial charge in [0.25, 0.3) is 0 Å². The van der Waals surface area contributed by atoms with Crippen molar-refractivity contribution < 1.29 is 80.2 Å². The van der Waals surface area contributed by atoms with Crippen LogP contribution in [-0.4, -0.2) is 96.7 Å². The number of carbonyl (C=O) groups is 4. The molecule has 98 heavy (non-hydrogen) atoms. The second kappa shape index (κ2) is 70.7. The van der Waals surface area contributed by atoms with Crippen LogP contribution >= 0.6 is 15.6 Å². The Balaban J connectivity index is 5.20. The first-order valence-corrected chi connectivity index (χ1v) is 44.0. The summed E-state index contributed by atoms with van der Waals surface area (Å²) < 4.78 is 68.6. The summed E-state index contributed by atoms with van der Waals surface area (Å²) in [6.07, 6.45) is 59.6. The summed E-state index contributed by atoms with van der Waals surface area (Å²) in [6, 6.07) is 0. The fourth-order valence-corrected chi connectivity index (χ4v) is 13.8. The first-order chi connectivity index (χ1) is 47.4. The fourth-order valence-electron chi connectivity index (χ4n) is 12.2. The molecule has 19 heteroatoms. The molecule has 0 aliphatic rings. The minimum absolute atomic E-state index is 0.108. The van der Waals surface area contributed by atoms with E-state index in [0.29, 0.717) is 25.7 Å². The molecule has 0 fully saturated rings. The number of esters is 4. The van der Waals surface area contributed by atoms with Crippen LogP contribution in [0.3, 0.4) is 0 Å². The van der Waals surface area contributed by atoms with Gasteiger partial charge >= 0.3 is 39.5 Å². The van der Waals surface area contributed by atoms with Gasteiger partial charge in [-0.1, -0.05) is 363 Å². The summed E-state index contributed by atoms with van der Waals surface area (Å²) in [7, 11) is -9.91. The van der Waals surface area contributed by atoms with Crippen molar-refractivity contribution in [1.29, 1.82) is 0 Å². The van der Waals surface area contributed by atoms with E-state index in [2.05, 4.69) is 41.5 Å². The second-order valence-corrected chi connectivity index (χ2v) is 32.3. The lowest BCUT2D eigenvalue weighted by Crippen LogP contribution is -2.30. The number of aliphatic hydroxyl groups is 1. The monoisotopic (exact) mass is 1440 g/mol. The molecule has 0 aliphatic heterocycles. The summed E-state index contributed by atoms with van der Waals surface area (Å²) in [5.41, 5.74) is 0. The molecule has 0 bridgehead atoms. The van der Waals surface area contributed by atoms with Gasteiger partial charge in [-0.05, 0) is 37.5 Å². The Hall–Kier alpha value is -1.94. The lowest BCUT2D eigenvalue weighted by molar-refractivity contribution is -0.161. The van der Waals surface area contributed by atoms with E-state index >= 15 is 0 Å². The molecule has 17 nitrogen and oxygen atoms in total. The maximum atomic E-state index is 13.1. The van der Waals surface area contributed by atoms with E-state index in [9.17, 15) is 43.2 Å². The maximum absolute atomic E-state index is 13.1. The van der Waals surface area contributed by atoms with Gasteiger partial charge in [0.2, 0.25) is 0 Å². The van der Waals surface area contributed by atoms with E-state index in [-0.39, 0.29) is 25.7 Å². The summed E-state index contributed by atoms with van der Waals surface area (Å²) >= 11 is 0. The average Bonchev–Trinajstić information content (AvgIpc) is 1.02. The van der Waals surface area contributed by atoms with Gasteiger partial charge < -0.3 is 33.8 Å². The molecule has 3 N–H and O–H groups in total. The molecule has 582 valence electrons. The zero-order valence-electron chi connectivity index (χ0n) is 64.1. The van der Waals surface area contributed by atoms with Crippen LogP contribution in [0.1, 0.15) is 414 Å². The van der Waals surface area contributed by atoms with Crippen molar-refractivity contribution in [2.75, 3.05) is 39.6 Å². The topological polar surface area (TPSA) is 237 Å². The van der Waals surface area contributed by atoms with Crippen molar-refractivity contribution in [2.45, 2.75) is 432 Å². The van der Waals surface area contributed by atoms with E-state index in [4.69, 9.17) is 37.0 Å². The zero-order chi connectivity index (χ0) is 72.1. The van der Waals surface area contributed by atoms with E-state index in [0.717, 1.165) is 102 Å². The number of phosphoric acid groups is 2. The van der Waals surface area contributed by atoms with Gasteiger partial charge in [-0.3, -0.25) is 37.3 Å². The highest BCUT2D eigenvalue weighted by atomic mass is 31.2. The molecular formula is C79H154O17P2. The van der Waals surface area contributed by atoms with Gasteiger partial charge in [0.1, 0.15) is 19.3 Å². The number of rotatable bonds is 78. The fraction of sp³-hybridized carbons (Fsp3) is 0.949. The second-order valence-electron chi connectivity index (χ2n) is 29.4. The number of carbonyl (C=O) groups excluding carboxylic acids is 4.